The van der Waals surface area contributed by atoms with Crippen LogP contribution in [-0.2, 0) is 9.53 Å². The molecule has 2 aromatic rings. The molecule has 2 amide bonds. The first-order valence-corrected chi connectivity index (χ1v) is 8.02. The molecular formula is C20H22N2O3. The third-order valence-electron chi connectivity index (χ3n) is 3.53. The van der Waals surface area contributed by atoms with E-state index in [1.165, 1.54) is 6.08 Å². The Labute approximate surface area is 147 Å². The van der Waals surface area contributed by atoms with Crippen molar-refractivity contribution in [3.8, 4) is 0 Å². The average Bonchev–Trinajstić information content (AvgIpc) is 2.62. The fourth-order valence-electron chi connectivity index (χ4n) is 2.18. The predicted octanol–water partition coefficient (Wildman–Crippen LogP) is 3.02. The minimum absolute atomic E-state index is 0.254. The van der Waals surface area contributed by atoms with Crippen molar-refractivity contribution in [2.45, 2.75) is 6.92 Å². The van der Waals surface area contributed by atoms with Crippen molar-refractivity contribution in [2.75, 3.05) is 25.6 Å². The summed E-state index contributed by atoms with van der Waals surface area (Å²) in [5, 5.41) is 5.49. The van der Waals surface area contributed by atoms with Gasteiger partial charge in [-0.2, -0.15) is 0 Å². The molecule has 0 saturated carbocycles. The molecular weight excluding hydrogens is 316 g/mol. The zero-order valence-electron chi connectivity index (χ0n) is 14.4. The predicted molar refractivity (Wildman–Crippen MR) is 99.5 cm³/mol. The molecule has 25 heavy (non-hydrogen) atoms. The van der Waals surface area contributed by atoms with E-state index in [1.807, 2.05) is 31.2 Å². The van der Waals surface area contributed by atoms with E-state index < -0.39 is 0 Å². The molecule has 0 aromatic heterocycles. The van der Waals surface area contributed by atoms with Crippen LogP contribution in [0, 0.1) is 6.92 Å². The van der Waals surface area contributed by atoms with Crippen molar-refractivity contribution < 1.29 is 14.3 Å². The van der Waals surface area contributed by atoms with Gasteiger partial charge in [-0.25, -0.2) is 0 Å². The number of carbonyl (C=O) groups is 2. The molecule has 0 atom stereocenters. The zero-order valence-corrected chi connectivity index (χ0v) is 14.4. The van der Waals surface area contributed by atoms with Gasteiger partial charge in [0, 0.05) is 19.7 Å². The molecule has 5 nitrogen and oxygen atoms in total. The normalized spacial score (nSPS) is 10.6. The summed E-state index contributed by atoms with van der Waals surface area (Å²) in [4.78, 5) is 24.3. The van der Waals surface area contributed by atoms with Crippen LogP contribution in [0.4, 0.5) is 5.69 Å². The van der Waals surface area contributed by atoms with Gasteiger partial charge in [-0.3, -0.25) is 9.59 Å². The van der Waals surface area contributed by atoms with Gasteiger partial charge >= 0.3 is 0 Å². The fourth-order valence-corrected chi connectivity index (χ4v) is 2.18. The number of anilines is 1. The molecule has 0 radical (unpaired) electrons. The second kappa shape index (κ2) is 9.39. The van der Waals surface area contributed by atoms with Gasteiger partial charge in [0.25, 0.3) is 5.91 Å². The van der Waals surface area contributed by atoms with E-state index in [9.17, 15) is 9.59 Å². The number of rotatable bonds is 7. The van der Waals surface area contributed by atoms with E-state index in [1.54, 1.807) is 37.5 Å². The quantitative estimate of drug-likeness (QED) is 0.602. The number of carbonyl (C=O) groups excluding carboxylic acids is 2. The summed E-state index contributed by atoms with van der Waals surface area (Å²) in [7, 11) is 1.57. The van der Waals surface area contributed by atoms with Crippen LogP contribution in [-0.4, -0.2) is 32.1 Å². The first kappa shape index (κ1) is 18.4. The Morgan fingerprint density at radius 1 is 1.08 bits per heavy atom. The van der Waals surface area contributed by atoms with Gasteiger partial charge in [0.2, 0.25) is 5.91 Å². The van der Waals surface area contributed by atoms with Crippen molar-refractivity contribution in [1.82, 2.24) is 5.32 Å². The molecule has 2 rings (SSSR count). The van der Waals surface area contributed by atoms with Crippen LogP contribution in [0.1, 0.15) is 21.5 Å². The van der Waals surface area contributed by atoms with E-state index in [2.05, 4.69) is 10.6 Å². The molecule has 0 aliphatic carbocycles. The lowest BCUT2D eigenvalue weighted by molar-refractivity contribution is -0.111. The van der Waals surface area contributed by atoms with Gasteiger partial charge in [-0.1, -0.05) is 42.0 Å². The van der Waals surface area contributed by atoms with Crippen LogP contribution in [0.25, 0.3) is 6.08 Å². The second-order valence-electron chi connectivity index (χ2n) is 5.53. The summed E-state index contributed by atoms with van der Waals surface area (Å²) in [6.45, 7) is 2.85. The maximum absolute atomic E-state index is 12.2. The summed E-state index contributed by atoms with van der Waals surface area (Å²) in [5.41, 5.74) is 2.98. The van der Waals surface area contributed by atoms with Gasteiger partial charge in [0.1, 0.15) is 0 Å². The first-order chi connectivity index (χ1) is 12.1. The first-order valence-electron chi connectivity index (χ1n) is 8.02. The number of hydrogen-bond donors (Lipinski definition) is 2. The van der Waals surface area contributed by atoms with E-state index in [0.29, 0.717) is 24.4 Å². The highest BCUT2D eigenvalue weighted by Crippen LogP contribution is 2.15. The SMILES string of the molecule is COCCNC(=O)c1ccccc1NC(=O)/C=C/c1ccc(C)cc1. The molecule has 0 spiro atoms. The Hall–Kier alpha value is -2.92. The number of aryl methyl sites for hydroxylation is 1. The molecule has 0 aliphatic rings. The number of hydrogen-bond acceptors (Lipinski definition) is 3. The minimum atomic E-state index is -0.294. The largest absolute Gasteiger partial charge is 0.383 e. The highest BCUT2D eigenvalue weighted by molar-refractivity contribution is 6.07. The lowest BCUT2D eigenvalue weighted by Crippen LogP contribution is -2.28. The highest BCUT2D eigenvalue weighted by Gasteiger charge is 2.11. The maximum atomic E-state index is 12.2. The second-order valence-corrected chi connectivity index (χ2v) is 5.53. The molecule has 130 valence electrons. The van der Waals surface area contributed by atoms with E-state index >= 15 is 0 Å². The van der Waals surface area contributed by atoms with Crippen molar-refractivity contribution in [3.63, 3.8) is 0 Å². The molecule has 0 aliphatic heterocycles. The average molecular weight is 338 g/mol. The standard InChI is InChI=1S/C20H22N2O3/c1-15-7-9-16(10-8-15)11-12-19(23)22-18-6-4-3-5-17(18)20(24)21-13-14-25-2/h3-12H,13-14H2,1-2H3,(H,21,24)(H,22,23)/b12-11+. The van der Waals surface area contributed by atoms with Crippen molar-refractivity contribution in [2.24, 2.45) is 0 Å². The van der Waals surface area contributed by atoms with E-state index in [0.717, 1.165) is 11.1 Å². The Morgan fingerprint density at radius 3 is 2.52 bits per heavy atom. The van der Waals surface area contributed by atoms with Gasteiger partial charge in [-0.15, -0.1) is 0 Å². The number of nitrogens with one attached hydrogen (secondary N) is 2. The lowest BCUT2D eigenvalue weighted by atomic mass is 10.1. The van der Waals surface area contributed by atoms with Gasteiger partial charge in [0.05, 0.1) is 17.9 Å². The lowest BCUT2D eigenvalue weighted by Gasteiger charge is -2.10. The Bertz CT molecular complexity index is 752. The summed E-state index contributed by atoms with van der Waals surface area (Å²) in [5.74, 6) is -0.548. The third kappa shape index (κ3) is 5.90. The molecule has 0 heterocycles. The number of benzene rings is 2. The van der Waals surface area contributed by atoms with Crippen LogP contribution in [0.2, 0.25) is 0 Å². The molecule has 0 bridgehead atoms. The smallest absolute Gasteiger partial charge is 0.253 e. The molecule has 5 heteroatoms. The van der Waals surface area contributed by atoms with E-state index in [-0.39, 0.29) is 11.8 Å². The molecule has 0 fully saturated rings. The number of ether oxygens (including phenoxy) is 1. The fraction of sp³-hybridized carbons (Fsp3) is 0.200. The van der Waals surface area contributed by atoms with Crippen LogP contribution in [0.5, 0.6) is 0 Å². The van der Waals surface area contributed by atoms with Gasteiger partial charge < -0.3 is 15.4 Å². The van der Waals surface area contributed by atoms with Crippen LogP contribution in [0.15, 0.2) is 54.6 Å². The maximum Gasteiger partial charge on any atom is 0.253 e. The molecule has 0 unspecified atom stereocenters. The summed E-state index contributed by atoms with van der Waals surface area (Å²) >= 11 is 0. The van der Waals surface area contributed by atoms with Crippen molar-refractivity contribution in [1.29, 1.82) is 0 Å². The van der Waals surface area contributed by atoms with Crippen LogP contribution >= 0.6 is 0 Å². The minimum Gasteiger partial charge on any atom is -0.383 e. The van der Waals surface area contributed by atoms with Crippen LogP contribution < -0.4 is 10.6 Å². The van der Waals surface area contributed by atoms with E-state index in [4.69, 9.17) is 4.74 Å². The monoisotopic (exact) mass is 338 g/mol. The Balaban J connectivity index is 2.02. The van der Waals surface area contributed by atoms with Crippen molar-refractivity contribution >= 4 is 23.6 Å². The van der Waals surface area contributed by atoms with Crippen LogP contribution in [0.3, 0.4) is 0 Å². The number of amides is 2. The van der Waals surface area contributed by atoms with Gasteiger partial charge in [-0.05, 0) is 30.7 Å². The summed E-state index contributed by atoms with van der Waals surface area (Å²) in [6.07, 6.45) is 3.18. The number of methoxy groups -OCH3 is 1. The highest BCUT2D eigenvalue weighted by atomic mass is 16.5. The van der Waals surface area contributed by atoms with Crippen molar-refractivity contribution in [3.05, 3.63) is 71.3 Å². The Morgan fingerprint density at radius 2 is 1.80 bits per heavy atom. The third-order valence-corrected chi connectivity index (χ3v) is 3.53. The molecule has 0 saturated heterocycles. The Kier molecular flexibility index (Phi) is 6.92. The molecule has 2 N–H and O–H groups in total. The molecule has 2 aromatic carbocycles. The topological polar surface area (TPSA) is 67.4 Å². The van der Waals surface area contributed by atoms with Gasteiger partial charge in [0.15, 0.2) is 0 Å². The zero-order chi connectivity index (χ0) is 18.1. The summed E-state index contributed by atoms with van der Waals surface area (Å²) in [6, 6.07) is 14.7. The summed E-state index contributed by atoms with van der Waals surface area (Å²) < 4.78 is 4.91. The number of para-hydroxylation sites is 1.